The van der Waals surface area contributed by atoms with Gasteiger partial charge in [0, 0.05) is 18.9 Å². The summed E-state index contributed by atoms with van der Waals surface area (Å²) in [6.45, 7) is 1.94. The molecule has 0 atom stereocenters. The molecule has 0 radical (unpaired) electrons. The van der Waals surface area contributed by atoms with E-state index in [9.17, 15) is 0 Å². The van der Waals surface area contributed by atoms with E-state index in [0.717, 1.165) is 31.0 Å². The van der Waals surface area contributed by atoms with Crippen LogP contribution in [0.4, 0.5) is 5.82 Å². The Bertz CT molecular complexity index is 449. The van der Waals surface area contributed by atoms with Crippen molar-refractivity contribution in [1.82, 2.24) is 24.5 Å². The summed E-state index contributed by atoms with van der Waals surface area (Å²) in [7, 11) is 4.13. The first kappa shape index (κ1) is 10.8. The van der Waals surface area contributed by atoms with Crippen LogP contribution in [0.25, 0.3) is 5.65 Å². The average Bonchev–Trinajstić information content (AvgIpc) is 2.72. The van der Waals surface area contributed by atoms with Crippen molar-refractivity contribution >= 4 is 11.5 Å². The second-order valence-electron chi connectivity index (χ2n) is 3.92. The largest absolute Gasteiger partial charge is 0.367 e. The minimum atomic E-state index is 0.771. The molecule has 0 aliphatic carbocycles. The maximum absolute atomic E-state index is 4.25. The molecule has 0 spiro atoms. The lowest BCUT2D eigenvalue weighted by Gasteiger charge is -2.10. The van der Waals surface area contributed by atoms with Gasteiger partial charge in [-0.1, -0.05) is 0 Å². The minimum absolute atomic E-state index is 0.771. The molecule has 0 saturated heterocycles. The van der Waals surface area contributed by atoms with Crippen LogP contribution in [0.5, 0.6) is 0 Å². The number of nitrogens with zero attached hydrogens (tertiary/aromatic N) is 5. The van der Waals surface area contributed by atoms with Crippen molar-refractivity contribution in [2.45, 2.75) is 6.42 Å². The third kappa shape index (κ3) is 2.46. The van der Waals surface area contributed by atoms with E-state index in [4.69, 9.17) is 0 Å². The molecule has 2 aromatic heterocycles. The highest BCUT2D eigenvalue weighted by Crippen LogP contribution is 2.09. The molecule has 0 amide bonds. The van der Waals surface area contributed by atoms with E-state index < -0.39 is 0 Å². The Morgan fingerprint density at radius 2 is 2.31 bits per heavy atom. The molecule has 0 aliphatic rings. The molecular formula is C10H16N6. The van der Waals surface area contributed by atoms with Gasteiger partial charge < -0.3 is 10.2 Å². The van der Waals surface area contributed by atoms with Gasteiger partial charge in [-0.2, -0.15) is 0 Å². The molecule has 0 aromatic carbocycles. The van der Waals surface area contributed by atoms with Crippen LogP contribution in [0, 0.1) is 0 Å². The van der Waals surface area contributed by atoms with Crippen LogP contribution in [-0.2, 0) is 0 Å². The van der Waals surface area contributed by atoms with E-state index in [-0.39, 0.29) is 0 Å². The molecule has 0 bridgehead atoms. The summed E-state index contributed by atoms with van der Waals surface area (Å²) in [6, 6.07) is 0. The van der Waals surface area contributed by atoms with Gasteiger partial charge in [0.2, 0.25) is 5.65 Å². The van der Waals surface area contributed by atoms with E-state index in [1.54, 1.807) is 12.5 Å². The molecule has 16 heavy (non-hydrogen) atoms. The Kier molecular flexibility index (Phi) is 3.31. The molecule has 6 heteroatoms. The van der Waals surface area contributed by atoms with Gasteiger partial charge >= 0.3 is 0 Å². The second-order valence-corrected chi connectivity index (χ2v) is 3.92. The Morgan fingerprint density at radius 3 is 3.12 bits per heavy atom. The highest BCUT2D eigenvalue weighted by molar-refractivity contribution is 5.61. The Morgan fingerprint density at radius 1 is 1.44 bits per heavy atom. The van der Waals surface area contributed by atoms with Crippen molar-refractivity contribution in [2.75, 3.05) is 32.5 Å². The third-order valence-electron chi connectivity index (χ3n) is 2.29. The zero-order valence-corrected chi connectivity index (χ0v) is 9.59. The van der Waals surface area contributed by atoms with Crippen LogP contribution in [0.3, 0.4) is 0 Å². The monoisotopic (exact) mass is 220 g/mol. The molecule has 2 heterocycles. The summed E-state index contributed by atoms with van der Waals surface area (Å²) in [6.07, 6.45) is 6.32. The summed E-state index contributed by atoms with van der Waals surface area (Å²) in [4.78, 5) is 6.41. The topological polar surface area (TPSA) is 58.4 Å². The fourth-order valence-electron chi connectivity index (χ4n) is 1.49. The van der Waals surface area contributed by atoms with Gasteiger partial charge in [-0.3, -0.25) is 4.40 Å². The molecule has 0 unspecified atom stereocenters. The maximum Gasteiger partial charge on any atom is 0.203 e. The van der Waals surface area contributed by atoms with Crippen LogP contribution in [-0.4, -0.2) is 51.7 Å². The molecule has 86 valence electrons. The van der Waals surface area contributed by atoms with Crippen molar-refractivity contribution in [3.05, 3.63) is 18.7 Å². The molecule has 6 nitrogen and oxygen atoms in total. The lowest BCUT2D eigenvalue weighted by Crippen LogP contribution is -2.16. The lowest BCUT2D eigenvalue weighted by atomic mass is 10.4. The number of rotatable bonds is 5. The van der Waals surface area contributed by atoms with Crippen LogP contribution in [0.1, 0.15) is 6.42 Å². The highest BCUT2D eigenvalue weighted by Gasteiger charge is 2.03. The molecule has 2 rings (SSSR count). The van der Waals surface area contributed by atoms with E-state index in [1.165, 1.54) is 0 Å². The third-order valence-corrected chi connectivity index (χ3v) is 2.29. The molecule has 1 N–H and O–H groups in total. The first-order chi connectivity index (χ1) is 7.77. The second kappa shape index (κ2) is 4.89. The van der Waals surface area contributed by atoms with Gasteiger partial charge in [0.25, 0.3) is 0 Å². The number of hydrogen-bond acceptors (Lipinski definition) is 5. The Hall–Kier alpha value is -1.69. The van der Waals surface area contributed by atoms with Crippen molar-refractivity contribution in [2.24, 2.45) is 0 Å². The van der Waals surface area contributed by atoms with Crippen molar-refractivity contribution in [3.63, 3.8) is 0 Å². The number of aromatic nitrogens is 4. The van der Waals surface area contributed by atoms with Crippen LogP contribution >= 0.6 is 0 Å². The van der Waals surface area contributed by atoms with E-state index in [1.807, 2.05) is 10.6 Å². The van der Waals surface area contributed by atoms with Crippen LogP contribution in [0.15, 0.2) is 18.7 Å². The molecule has 0 fully saturated rings. The van der Waals surface area contributed by atoms with Crippen LogP contribution < -0.4 is 5.32 Å². The quantitative estimate of drug-likeness (QED) is 0.743. The fourth-order valence-corrected chi connectivity index (χ4v) is 1.49. The van der Waals surface area contributed by atoms with Gasteiger partial charge in [0.15, 0.2) is 5.82 Å². The summed E-state index contributed by atoms with van der Waals surface area (Å²) in [5, 5.41) is 11.1. The van der Waals surface area contributed by atoms with Gasteiger partial charge in [0.05, 0.1) is 0 Å². The summed E-state index contributed by atoms with van der Waals surface area (Å²) >= 11 is 0. The van der Waals surface area contributed by atoms with Crippen molar-refractivity contribution in [1.29, 1.82) is 0 Å². The summed E-state index contributed by atoms with van der Waals surface area (Å²) in [5.74, 6) is 0.791. The normalized spacial score (nSPS) is 11.2. The maximum atomic E-state index is 4.25. The molecular weight excluding hydrogens is 204 g/mol. The van der Waals surface area contributed by atoms with Crippen molar-refractivity contribution in [3.8, 4) is 0 Å². The number of fused-ring (bicyclic) bond motifs is 1. The predicted octanol–water partition coefficient (Wildman–Crippen LogP) is 0.488. The molecule has 0 aliphatic heterocycles. The summed E-state index contributed by atoms with van der Waals surface area (Å²) < 4.78 is 1.85. The predicted molar refractivity (Wildman–Crippen MR) is 62.4 cm³/mol. The Labute approximate surface area is 94.3 Å². The Balaban J connectivity index is 1.96. The minimum Gasteiger partial charge on any atom is -0.367 e. The fraction of sp³-hybridized carbons (Fsp3) is 0.500. The zero-order chi connectivity index (χ0) is 11.4. The standard InChI is InChI=1S/C10H16N6/c1-15(2)6-3-4-11-9-10-14-13-8-16(10)7-5-12-9/h5,7-8H,3-4,6H2,1-2H3,(H,11,12). The first-order valence-corrected chi connectivity index (χ1v) is 5.30. The van der Waals surface area contributed by atoms with Gasteiger partial charge in [-0.25, -0.2) is 4.98 Å². The first-order valence-electron chi connectivity index (χ1n) is 5.30. The van der Waals surface area contributed by atoms with Crippen molar-refractivity contribution < 1.29 is 0 Å². The van der Waals surface area contributed by atoms with Gasteiger partial charge in [0.1, 0.15) is 6.33 Å². The SMILES string of the molecule is CN(C)CCCNc1nccn2cnnc12. The number of anilines is 1. The summed E-state index contributed by atoms with van der Waals surface area (Å²) in [5.41, 5.74) is 0.771. The molecule has 0 saturated carbocycles. The van der Waals surface area contributed by atoms with Crippen LogP contribution in [0.2, 0.25) is 0 Å². The number of nitrogens with one attached hydrogen (secondary N) is 1. The van der Waals surface area contributed by atoms with E-state index in [2.05, 4.69) is 39.5 Å². The van der Waals surface area contributed by atoms with Gasteiger partial charge in [-0.15, -0.1) is 10.2 Å². The smallest absolute Gasteiger partial charge is 0.203 e. The zero-order valence-electron chi connectivity index (χ0n) is 9.59. The van der Waals surface area contributed by atoms with Gasteiger partial charge in [-0.05, 0) is 27.1 Å². The molecule has 2 aromatic rings. The highest BCUT2D eigenvalue weighted by atomic mass is 15.2. The van der Waals surface area contributed by atoms with E-state index >= 15 is 0 Å². The van der Waals surface area contributed by atoms with E-state index in [0.29, 0.717) is 0 Å². The number of hydrogen-bond donors (Lipinski definition) is 1. The average molecular weight is 220 g/mol. The lowest BCUT2D eigenvalue weighted by molar-refractivity contribution is 0.405.